The number of carbonyl (C=O) groups is 2. The second kappa shape index (κ2) is 6.54. The minimum absolute atomic E-state index is 0.0134. The predicted molar refractivity (Wildman–Crippen MR) is 73.1 cm³/mol. The predicted octanol–water partition coefficient (Wildman–Crippen LogP) is 0.501. The van der Waals surface area contributed by atoms with Gasteiger partial charge in [-0.05, 0) is 38.5 Å². The number of aliphatic carboxylic acids is 1. The number of rotatable bonds is 4. The van der Waals surface area contributed by atoms with Gasteiger partial charge in [-0.25, -0.2) is 0 Å². The first-order chi connectivity index (χ1) is 9.53. The van der Waals surface area contributed by atoms with Crippen LogP contribution in [0.1, 0.15) is 38.5 Å². The molecule has 0 aromatic rings. The Kier molecular flexibility index (Phi) is 4.99. The first-order valence-corrected chi connectivity index (χ1v) is 7.38. The molecule has 1 aliphatic carbocycles. The SMILES string of the molecule is NC1CCC(C(=O)NCC2(C(=O)O)CCOCC2)CC1. The van der Waals surface area contributed by atoms with Gasteiger partial charge in [-0.15, -0.1) is 0 Å². The molecule has 6 nitrogen and oxygen atoms in total. The Labute approximate surface area is 119 Å². The van der Waals surface area contributed by atoms with Crippen molar-refractivity contribution >= 4 is 11.9 Å². The molecule has 0 spiro atoms. The van der Waals surface area contributed by atoms with Gasteiger partial charge in [-0.2, -0.15) is 0 Å². The lowest BCUT2D eigenvalue weighted by Crippen LogP contribution is -2.48. The fourth-order valence-corrected chi connectivity index (χ4v) is 3.01. The minimum atomic E-state index is -0.862. The fraction of sp³-hybridized carbons (Fsp3) is 0.857. The molecule has 20 heavy (non-hydrogen) atoms. The Morgan fingerprint density at radius 2 is 1.80 bits per heavy atom. The van der Waals surface area contributed by atoms with Gasteiger partial charge >= 0.3 is 5.97 Å². The molecule has 0 bridgehead atoms. The van der Waals surface area contributed by atoms with Crippen molar-refractivity contribution in [2.24, 2.45) is 17.1 Å². The molecule has 0 atom stereocenters. The Bertz CT molecular complexity index is 358. The van der Waals surface area contributed by atoms with E-state index in [0.717, 1.165) is 25.7 Å². The van der Waals surface area contributed by atoms with E-state index in [-0.39, 0.29) is 24.4 Å². The molecule has 2 aliphatic rings. The van der Waals surface area contributed by atoms with Gasteiger partial charge in [0.1, 0.15) is 0 Å². The van der Waals surface area contributed by atoms with Crippen molar-refractivity contribution in [2.45, 2.75) is 44.6 Å². The second-order valence-electron chi connectivity index (χ2n) is 6.03. The van der Waals surface area contributed by atoms with Crippen LogP contribution in [0.4, 0.5) is 0 Å². The molecule has 0 unspecified atom stereocenters. The van der Waals surface area contributed by atoms with E-state index >= 15 is 0 Å². The van der Waals surface area contributed by atoms with Gasteiger partial charge in [0.2, 0.25) is 5.91 Å². The van der Waals surface area contributed by atoms with Gasteiger partial charge in [0, 0.05) is 31.7 Å². The van der Waals surface area contributed by atoms with Crippen LogP contribution in [0.15, 0.2) is 0 Å². The number of ether oxygens (including phenoxy) is 1. The van der Waals surface area contributed by atoms with Crippen molar-refractivity contribution in [3.8, 4) is 0 Å². The number of hydrogen-bond acceptors (Lipinski definition) is 4. The summed E-state index contributed by atoms with van der Waals surface area (Å²) in [5, 5.41) is 12.3. The van der Waals surface area contributed by atoms with Gasteiger partial charge in [-0.3, -0.25) is 9.59 Å². The van der Waals surface area contributed by atoms with Crippen LogP contribution < -0.4 is 11.1 Å². The molecule has 1 saturated heterocycles. The quantitative estimate of drug-likeness (QED) is 0.698. The van der Waals surface area contributed by atoms with E-state index in [0.29, 0.717) is 26.1 Å². The van der Waals surface area contributed by atoms with E-state index in [4.69, 9.17) is 10.5 Å². The van der Waals surface area contributed by atoms with Crippen molar-refractivity contribution in [3.63, 3.8) is 0 Å². The molecule has 1 aliphatic heterocycles. The topological polar surface area (TPSA) is 102 Å². The highest BCUT2D eigenvalue weighted by Crippen LogP contribution is 2.30. The molecule has 0 radical (unpaired) electrons. The maximum absolute atomic E-state index is 12.1. The van der Waals surface area contributed by atoms with Crippen molar-refractivity contribution in [1.82, 2.24) is 5.32 Å². The zero-order valence-corrected chi connectivity index (χ0v) is 11.8. The Hall–Kier alpha value is -1.14. The average Bonchev–Trinajstić information content (AvgIpc) is 2.46. The molecule has 2 rings (SSSR count). The van der Waals surface area contributed by atoms with Gasteiger partial charge in [0.05, 0.1) is 5.41 Å². The maximum atomic E-state index is 12.1. The molecule has 2 fully saturated rings. The third-order valence-corrected chi connectivity index (χ3v) is 4.65. The van der Waals surface area contributed by atoms with Crippen molar-refractivity contribution in [3.05, 3.63) is 0 Å². The standard InChI is InChI=1S/C14H24N2O4/c15-11-3-1-10(2-4-11)12(17)16-9-14(13(18)19)5-7-20-8-6-14/h10-11H,1-9,15H2,(H,16,17)(H,18,19). The maximum Gasteiger partial charge on any atom is 0.311 e. The van der Waals surface area contributed by atoms with Crippen molar-refractivity contribution in [2.75, 3.05) is 19.8 Å². The lowest BCUT2D eigenvalue weighted by Gasteiger charge is -2.34. The zero-order valence-electron chi connectivity index (χ0n) is 11.8. The molecular weight excluding hydrogens is 260 g/mol. The minimum Gasteiger partial charge on any atom is -0.481 e. The summed E-state index contributed by atoms with van der Waals surface area (Å²) in [7, 11) is 0. The van der Waals surface area contributed by atoms with Gasteiger partial charge < -0.3 is 20.9 Å². The normalized spacial score (nSPS) is 29.6. The number of nitrogens with one attached hydrogen (secondary N) is 1. The third kappa shape index (κ3) is 3.49. The van der Waals surface area contributed by atoms with E-state index in [1.807, 2.05) is 0 Å². The van der Waals surface area contributed by atoms with Crippen LogP contribution in [0.2, 0.25) is 0 Å². The molecule has 1 amide bonds. The third-order valence-electron chi connectivity index (χ3n) is 4.65. The molecule has 114 valence electrons. The van der Waals surface area contributed by atoms with E-state index in [2.05, 4.69) is 5.32 Å². The molecule has 4 N–H and O–H groups in total. The number of hydrogen-bond donors (Lipinski definition) is 3. The summed E-state index contributed by atoms with van der Waals surface area (Å²) < 4.78 is 5.22. The second-order valence-corrected chi connectivity index (χ2v) is 6.03. The average molecular weight is 284 g/mol. The van der Waals surface area contributed by atoms with Crippen LogP contribution in [0.25, 0.3) is 0 Å². The summed E-state index contributed by atoms with van der Waals surface area (Å²) in [6.07, 6.45) is 4.26. The van der Waals surface area contributed by atoms with Crippen LogP contribution in [-0.2, 0) is 14.3 Å². The van der Waals surface area contributed by atoms with Crippen LogP contribution >= 0.6 is 0 Å². The van der Waals surface area contributed by atoms with E-state index in [1.54, 1.807) is 0 Å². The molecule has 0 aromatic carbocycles. The van der Waals surface area contributed by atoms with Crippen LogP contribution in [0, 0.1) is 11.3 Å². The molecule has 1 heterocycles. The lowest BCUT2D eigenvalue weighted by atomic mass is 9.79. The largest absolute Gasteiger partial charge is 0.481 e. The molecule has 6 heteroatoms. The van der Waals surface area contributed by atoms with E-state index < -0.39 is 11.4 Å². The first-order valence-electron chi connectivity index (χ1n) is 7.38. The monoisotopic (exact) mass is 284 g/mol. The number of amides is 1. The number of carboxylic acids is 1. The summed E-state index contributed by atoms with van der Waals surface area (Å²) in [5.41, 5.74) is 4.96. The fourth-order valence-electron chi connectivity index (χ4n) is 3.01. The zero-order chi connectivity index (χ0) is 14.6. The van der Waals surface area contributed by atoms with E-state index in [1.165, 1.54) is 0 Å². The molecule has 0 aromatic heterocycles. The first kappa shape index (κ1) is 15.3. The highest BCUT2D eigenvalue weighted by molar-refractivity contribution is 5.80. The number of nitrogens with two attached hydrogens (primary N) is 1. The van der Waals surface area contributed by atoms with Gasteiger partial charge in [0.15, 0.2) is 0 Å². The Morgan fingerprint density at radius 1 is 1.20 bits per heavy atom. The Morgan fingerprint density at radius 3 is 2.35 bits per heavy atom. The van der Waals surface area contributed by atoms with Gasteiger partial charge in [-0.1, -0.05) is 0 Å². The van der Waals surface area contributed by atoms with Crippen LogP contribution in [-0.4, -0.2) is 42.8 Å². The van der Waals surface area contributed by atoms with Crippen LogP contribution in [0.5, 0.6) is 0 Å². The molecular formula is C14H24N2O4. The Balaban J connectivity index is 1.86. The number of carboxylic acid groups (broad SMARTS) is 1. The smallest absolute Gasteiger partial charge is 0.311 e. The summed E-state index contributed by atoms with van der Waals surface area (Å²) in [4.78, 5) is 23.6. The highest BCUT2D eigenvalue weighted by atomic mass is 16.5. The van der Waals surface area contributed by atoms with Gasteiger partial charge in [0.25, 0.3) is 0 Å². The van der Waals surface area contributed by atoms with Crippen LogP contribution in [0.3, 0.4) is 0 Å². The summed E-state index contributed by atoms with van der Waals surface area (Å²) in [6.45, 7) is 1.09. The number of carbonyl (C=O) groups excluding carboxylic acids is 1. The van der Waals surface area contributed by atoms with E-state index in [9.17, 15) is 14.7 Å². The van der Waals surface area contributed by atoms with Crippen molar-refractivity contribution in [1.29, 1.82) is 0 Å². The summed E-state index contributed by atoms with van der Waals surface area (Å²) in [5.74, 6) is -0.878. The molecule has 1 saturated carbocycles. The lowest BCUT2D eigenvalue weighted by molar-refractivity contribution is -0.154. The summed E-state index contributed by atoms with van der Waals surface area (Å²) in [6, 6.07) is 0.208. The highest BCUT2D eigenvalue weighted by Gasteiger charge is 2.40. The summed E-state index contributed by atoms with van der Waals surface area (Å²) >= 11 is 0. The van der Waals surface area contributed by atoms with Crippen molar-refractivity contribution < 1.29 is 19.4 Å².